The molecule has 0 aliphatic heterocycles. The van der Waals surface area contributed by atoms with E-state index in [2.05, 4.69) is 6.92 Å². The summed E-state index contributed by atoms with van der Waals surface area (Å²) >= 11 is 0. The monoisotopic (exact) mass is 243 g/mol. The third-order valence-corrected chi connectivity index (χ3v) is 2.97. The van der Waals surface area contributed by atoms with Gasteiger partial charge in [0, 0.05) is 0 Å². The zero-order chi connectivity index (χ0) is 13.1. The van der Waals surface area contributed by atoms with Crippen molar-refractivity contribution in [3.63, 3.8) is 0 Å². The third-order valence-electron chi connectivity index (χ3n) is 2.97. The molecule has 0 saturated heterocycles. The standard InChI is InChI=1S/C15H17NO2/c1-10-8-12(17-2)5-6-13(10)11-4-7-15(18-3)14(16)9-11/h4-9H,16H2,1-3H3. The van der Waals surface area contributed by atoms with Gasteiger partial charge in [-0.05, 0) is 47.9 Å². The van der Waals surface area contributed by atoms with Crippen LogP contribution in [0.1, 0.15) is 5.56 Å². The number of hydrogen-bond donors (Lipinski definition) is 1. The predicted molar refractivity (Wildman–Crippen MR) is 74.1 cm³/mol. The number of hydrogen-bond acceptors (Lipinski definition) is 3. The molecule has 3 heteroatoms. The van der Waals surface area contributed by atoms with Crippen molar-refractivity contribution in [3.8, 4) is 22.6 Å². The summed E-state index contributed by atoms with van der Waals surface area (Å²) in [6.07, 6.45) is 0. The van der Waals surface area contributed by atoms with E-state index in [0.29, 0.717) is 11.4 Å². The van der Waals surface area contributed by atoms with Crippen molar-refractivity contribution in [3.05, 3.63) is 42.0 Å². The Morgan fingerprint density at radius 2 is 1.72 bits per heavy atom. The first-order chi connectivity index (χ1) is 8.65. The van der Waals surface area contributed by atoms with Gasteiger partial charge in [-0.3, -0.25) is 0 Å². The van der Waals surface area contributed by atoms with E-state index in [0.717, 1.165) is 22.4 Å². The van der Waals surface area contributed by atoms with Crippen LogP contribution in [0.15, 0.2) is 36.4 Å². The van der Waals surface area contributed by atoms with Crippen molar-refractivity contribution < 1.29 is 9.47 Å². The molecule has 2 aromatic carbocycles. The Morgan fingerprint density at radius 3 is 2.28 bits per heavy atom. The van der Waals surface area contributed by atoms with E-state index in [1.807, 2.05) is 36.4 Å². The summed E-state index contributed by atoms with van der Waals surface area (Å²) in [5.74, 6) is 1.56. The Morgan fingerprint density at radius 1 is 0.944 bits per heavy atom. The fraction of sp³-hybridized carbons (Fsp3) is 0.200. The molecular weight excluding hydrogens is 226 g/mol. The van der Waals surface area contributed by atoms with Crippen LogP contribution in [-0.2, 0) is 0 Å². The molecule has 0 atom stereocenters. The highest BCUT2D eigenvalue weighted by Crippen LogP contribution is 2.31. The predicted octanol–water partition coefficient (Wildman–Crippen LogP) is 3.26. The molecule has 0 aromatic heterocycles. The van der Waals surface area contributed by atoms with Crippen LogP contribution in [0.3, 0.4) is 0 Å². The van der Waals surface area contributed by atoms with Gasteiger partial charge in [0.05, 0.1) is 19.9 Å². The van der Waals surface area contributed by atoms with E-state index in [1.54, 1.807) is 14.2 Å². The summed E-state index contributed by atoms with van der Waals surface area (Å²) in [6, 6.07) is 11.8. The van der Waals surface area contributed by atoms with Crippen molar-refractivity contribution >= 4 is 5.69 Å². The number of rotatable bonds is 3. The number of methoxy groups -OCH3 is 2. The summed E-state index contributed by atoms with van der Waals surface area (Å²) in [5.41, 5.74) is 9.94. The van der Waals surface area contributed by atoms with Crippen LogP contribution in [0.5, 0.6) is 11.5 Å². The zero-order valence-electron chi connectivity index (χ0n) is 10.9. The summed E-state index contributed by atoms with van der Waals surface area (Å²) in [7, 11) is 3.28. The van der Waals surface area contributed by atoms with Gasteiger partial charge in [-0.1, -0.05) is 12.1 Å². The van der Waals surface area contributed by atoms with E-state index in [4.69, 9.17) is 15.2 Å². The van der Waals surface area contributed by atoms with E-state index >= 15 is 0 Å². The lowest BCUT2D eigenvalue weighted by Crippen LogP contribution is -1.93. The van der Waals surface area contributed by atoms with E-state index in [9.17, 15) is 0 Å². The smallest absolute Gasteiger partial charge is 0.141 e. The van der Waals surface area contributed by atoms with Crippen LogP contribution in [0.25, 0.3) is 11.1 Å². The largest absolute Gasteiger partial charge is 0.497 e. The second-order valence-corrected chi connectivity index (χ2v) is 4.14. The second kappa shape index (κ2) is 5.00. The van der Waals surface area contributed by atoms with Crippen molar-refractivity contribution in [1.29, 1.82) is 0 Å². The number of aryl methyl sites for hydroxylation is 1. The summed E-state index contributed by atoms with van der Waals surface area (Å²) < 4.78 is 10.4. The molecular formula is C15H17NO2. The molecule has 18 heavy (non-hydrogen) atoms. The molecule has 0 heterocycles. The minimum absolute atomic E-state index is 0.644. The maximum Gasteiger partial charge on any atom is 0.141 e. The molecule has 3 nitrogen and oxygen atoms in total. The number of ether oxygens (including phenoxy) is 2. The third kappa shape index (κ3) is 2.25. The molecule has 0 aliphatic carbocycles. The summed E-state index contributed by atoms with van der Waals surface area (Å²) in [5, 5.41) is 0. The minimum Gasteiger partial charge on any atom is -0.497 e. The molecule has 0 bridgehead atoms. The molecule has 2 aromatic rings. The molecule has 0 spiro atoms. The van der Waals surface area contributed by atoms with Gasteiger partial charge >= 0.3 is 0 Å². The minimum atomic E-state index is 0.644. The zero-order valence-corrected chi connectivity index (χ0v) is 10.9. The molecule has 0 amide bonds. The Kier molecular flexibility index (Phi) is 3.42. The van der Waals surface area contributed by atoms with Gasteiger partial charge < -0.3 is 15.2 Å². The van der Waals surface area contributed by atoms with Gasteiger partial charge in [0.2, 0.25) is 0 Å². The Balaban J connectivity index is 2.45. The summed E-state index contributed by atoms with van der Waals surface area (Å²) in [4.78, 5) is 0. The molecule has 0 aliphatic rings. The van der Waals surface area contributed by atoms with Gasteiger partial charge in [-0.15, -0.1) is 0 Å². The first-order valence-corrected chi connectivity index (χ1v) is 5.74. The second-order valence-electron chi connectivity index (χ2n) is 4.14. The first-order valence-electron chi connectivity index (χ1n) is 5.74. The molecule has 2 rings (SSSR count). The van der Waals surface area contributed by atoms with Gasteiger partial charge in [0.1, 0.15) is 11.5 Å². The van der Waals surface area contributed by atoms with Crippen LogP contribution >= 0.6 is 0 Å². The molecule has 94 valence electrons. The quantitative estimate of drug-likeness (QED) is 0.841. The van der Waals surface area contributed by atoms with Crippen LogP contribution in [0.4, 0.5) is 5.69 Å². The average Bonchev–Trinajstić information content (AvgIpc) is 2.38. The van der Waals surface area contributed by atoms with Gasteiger partial charge in [0.15, 0.2) is 0 Å². The highest BCUT2D eigenvalue weighted by molar-refractivity contribution is 5.73. The van der Waals surface area contributed by atoms with Crippen molar-refractivity contribution in [2.75, 3.05) is 20.0 Å². The Labute approximate surface area is 107 Å². The van der Waals surface area contributed by atoms with Crippen molar-refractivity contribution in [2.45, 2.75) is 6.92 Å². The maximum absolute atomic E-state index is 5.93. The fourth-order valence-electron chi connectivity index (χ4n) is 1.99. The molecule has 0 saturated carbocycles. The van der Waals surface area contributed by atoms with E-state index in [1.165, 1.54) is 0 Å². The van der Waals surface area contributed by atoms with Gasteiger partial charge in [-0.2, -0.15) is 0 Å². The normalized spacial score (nSPS) is 10.2. The molecule has 0 radical (unpaired) electrons. The van der Waals surface area contributed by atoms with Gasteiger partial charge in [0.25, 0.3) is 0 Å². The van der Waals surface area contributed by atoms with Crippen molar-refractivity contribution in [1.82, 2.24) is 0 Å². The Hall–Kier alpha value is -2.16. The molecule has 0 fully saturated rings. The lowest BCUT2D eigenvalue weighted by molar-refractivity contribution is 0.414. The average molecular weight is 243 g/mol. The lowest BCUT2D eigenvalue weighted by atomic mass is 10.00. The van der Waals surface area contributed by atoms with Crippen LogP contribution < -0.4 is 15.2 Å². The number of benzene rings is 2. The summed E-state index contributed by atoms with van der Waals surface area (Å²) in [6.45, 7) is 2.05. The Bertz CT molecular complexity index is 564. The highest BCUT2D eigenvalue weighted by atomic mass is 16.5. The van der Waals surface area contributed by atoms with Gasteiger partial charge in [-0.25, -0.2) is 0 Å². The first kappa shape index (κ1) is 12.3. The van der Waals surface area contributed by atoms with Crippen LogP contribution in [0.2, 0.25) is 0 Å². The number of nitrogen functional groups attached to an aromatic ring is 1. The van der Waals surface area contributed by atoms with Crippen LogP contribution in [0, 0.1) is 6.92 Å². The number of anilines is 1. The van der Waals surface area contributed by atoms with Crippen molar-refractivity contribution in [2.24, 2.45) is 0 Å². The number of nitrogens with two attached hydrogens (primary N) is 1. The highest BCUT2D eigenvalue weighted by Gasteiger charge is 2.06. The molecule has 2 N–H and O–H groups in total. The maximum atomic E-state index is 5.93. The van der Waals surface area contributed by atoms with E-state index < -0.39 is 0 Å². The van der Waals surface area contributed by atoms with E-state index in [-0.39, 0.29) is 0 Å². The SMILES string of the molecule is COc1ccc(-c2ccc(OC)c(N)c2)c(C)c1. The fourth-order valence-corrected chi connectivity index (χ4v) is 1.99. The molecule has 0 unspecified atom stereocenters. The lowest BCUT2D eigenvalue weighted by Gasteiger charge is -2.10. The van der Waals surface area contributed by atoms with Crippen LogP contribution in [-0.4, -0.2) is 14.2 Å². The topological polar surface area (TPSA) is 44.5 Å².